The van der Waals surface area contributed by atoms with Crippen LogP contribution in [0.5, 0.6) is 0 Å². The summed E-state index contributed by atoms with van der Waals surface area (Å²) in [6.07, 6.45) is 2.74. The first kappa shape index (κ1) is 15.5. The normalized spacial score (nSPS) is 21.9. The van der Waals surface area contributed by atoms with E-state index in [1.807, 2.05) is 0 Å². The zero-order chi connectivity index (χ0) is 14.3. The molecular formula is C13H21NO5. The summed E-state index contributed by atoms with van der Waals surface area (Å²) in [5.41, 5.74) is 0. The molecule has 6 heteroatoms. The Bertz CT molecular complexity index is 342. The second-order valence-corrected chi connectivity index (χ2v) is 4.68. The third-order valence-electron chi connectivity index (χ3n) is 3.33. The Labute approximate surface area is 112 Å². The highest BCUT2D eigenvalue weighted by Crippen LogP contribution is 2.31. The lowest BCUT2D eigenvalue weighted by Crippen LogP contribution is -2.35. The molecule has 0 spiro atoms. The molecule has 6 nitrogen and oxygen atoms in total. The van der Waals surface area contributed by atoms with Crippen molar-refractivity contribution in [3.63, 3.8) is 0 Å². The van der Waals surface area contributed by atoms with E-state index in [4.69, 9.17) is 9.84 Å². The molecule has 0 aromatic rings. The van der Waals surface area contributed by atoms with Gasteiger partial charge in [0.05, 0.1) is 18.4 Å². The SMILES string of the molecule is CCOC(=O)CCCNC(=O)C1CCCC1C(=O)O. The van der Waals surface area contributed by atoms with Crippen molar-refractivity contribution in [1.29, 1.82) is 0 Å². The van der Waals surface area contributed by atoms with E-state index in [0.29, 0.717) is 32.4 Å². The molecule has 0 aliphatic heterocycles. The molecule has 0 aromatic heterocycles. The van der Waals surface area contributed by atoms with Crippen molar-refractivity contribution in [2.75, 3.05) is 13.2 Å². The number of carboxylic acid groups (broad SMARTS) is 1. The van der Waals surface area contributed by atoms with E-state index in [1.54, 1.807) is 6.92 Å². The molecular weight excluding hydrogens is 250 g/mol. The van der Waals surface area contributed by atoms with Crippen LogP contribution < -0.4 is 5.32 Å². The van der Waals surface area contributed by atoms with Gasteiger partial charge in [-0.2, -0.15) is 0 Å². The minimum Gasteiger partial charge on any atom is -0.481 e. The van der Waals surface area contributed by atoms with Crippen LogP contribution in [0, 0.1) is 11.8 Å². The Morgan fingerprint density at radius 1 is 1.26 bits per heavy atom. The monoisotopic (exact) mass is 271 g/mol. The van der Waals surface area contributed by atoms with E-state index in [-0.39, 0.29) is 18.3 Å². The number of hydrogen-bond donors (Lipinski definition) is 2. The van der Waals surface area contributed by atoms with Crippen molar-refractivity contribution in [2.24, 2.45) is 11.8 Å². The fourth-order valence-corrected chi connectivity index (χ4v) is 2.38. The van der Waals surface area contributed by atoms with Crippen LogP contribution >= 0.6 is 0 Å². The zero-order valence-corrected chi connectivity index (χ0v) is 11.2. The Balaban J connectivity index is 2.24. The number of rotatable bonds is 7. The number of esters is 1. The van der Waals surface area contributed by atoms with Crippen molar-refractivity contribution >= 4 is 17.8 Å². The molecule has 108 valence electrons. The lowest BCUT2D eigenvalue weighted by molar-refractivity contribution is -0.146. The molecule has 2 N–H and O–H groups in total. The van der Waals surface area contributed by atoms with Crippen LogP contribution in [0.3, 0.4) is 0 Å². The van der Waals surface area contributed by atoms with Gasteiger partial charge < -0.3 is 15.2 Å². The highest BCUT2D eigenvalue weighted by molar-refractivity contribution is 5.85. The maximum absolute atomic E-state index is 11.8. The summed E-state index contributed by atoms with van der Waals surface area (Å²) < 4.78 is 4.77. The molecule has 0 bridgehead atoms. The molecule has 0 aromatic carbocycles. The first-order valence-electron chi connectivity index (χ1n) is 6.72. The van der Waals surface area contributed by atoms with E-state index < -0.39 is 17.8 Å². The fourth-order valence-electron chi connectivity index (χ4n) is 2.38. The molecule has 0 radical (unpaired) electrons. The third-order valence-corrected chi connectivity index (χ3v) is 3.33. The second-order valence-electron chi connectivity index (χ2n) is 4.68. The van der Waals surface area contributed by atoms with Crippen LogP contribution in [0.1, 0.15) is 39.0 Å². The van der Waals surface area contributed by atoms with E-state index in [9.17, 15) is 14.4 Å². The predicted molar refractivity (Wildman–Crippen MR) is 67.3 cm³/mol. The Morgan fingerprint density at radius 2 is 1.95 bits per heavy atom. The Hall–Kier alpha value is -1.59. The molecule has 2 atom stereocenters. The lowest BCUT2D eigenvalue weighted by Gasteiger charge is -2.15. The molecule has 1 fully saturated rings. The van der Waals surface area contributed by atoms with Crippen LogP contribution in [0.25, 0.3) is 0 Å². The first-order valence-corrected chi connectivity index (χ1v) is 6.72. The van der Waals surface area contributed by atoms with Gasteiger partial charge in [-0.25, -0.2) is 0 Å². The van der Waals surface area contributed by atoms with Gasteiger partial charge in [0.25, 0.3) is 0 Å². The summed E-state index contributed by atoms with van der Waals surface area (Å²) in [6, 6.07) is 0. The number of carbonyl (C=O) groups is 3. The average Bonchev–Trinajstić information content (AvgIpc) is 2.84. The van der Waals surface area contributed by atoms with Gasteiger partial charge in [-0.1, -0.05) is 6.42 Å². The molecule has 0 heterocycles. The molecule has 2 unspecified atom stereocenters. The molecule has 1 aliphatic carbocycles. The summed E-state index contributed by atoms with van der Waals surface area (Å²) >= 11 is 0. The van der Waals surface area contributed by atoms with E-state index in [2.05, 4.69) is 5.32 Å². The van der Waals surface area contributed by atoms with Gasteiger partial charge >= 0.3 is 11.9 Å². The maximum Gasteiger partial charge on any atom is 0.307 e. The van der Waals surface area contributed by atoms with Crippen molar-refractivity contribution in [3.05, 3.63) is 0 Å². The number of nitrogens with one attached hydrogen (secondary N) is 1. The second kappa shape index (κ2) is 7.76. The number of carbonyl (C=O) groups excluding carboxylic acids is 2. The third kappa shape index (κ3) is 4.89. The minimum atomic E-state index is -0.899. The summed E-state index contributed by atoms with van der Waals surface area (Å²) in [6.45, 7) is 2.47. The summed E-state index contributed by atoms with van der Waals surface area (Å²) in [4.78, 5) is 33.9. The molecule has 19 heavy (non-hydrogen) atoms. The molecule has 1 rings (SSSR count). The molecule has 1 amide bonds. The van der Waals surface area contributed by atoms with E-state index >= 15 is 0 Å². The van der Waals surface area contributed by atoms with Crippen molar-refractivity contribution in [2.45, 2.75) is 39.0 Å². The number of amides is 1. The van der Waals surface area contributed by atoms with Gasteiger partial charge in [0.15, 0.2) is 0 Å². The van der Waals surface area contributed by atoms with Crippen LogP contribution in [0.2, 0.25) is 0 Å². The van der Waals surface area contributed by atoms with Gasteiger partial charge in [0.2, 0.25) is 5.91 Å². The van der Waals surface area contributed by atoms with Crippen molar-refractivity contribution < 1.29 is 24.2 Å². The van der Waals surface area contributed by atoms with Crippen LogP contribution in [0.15, 0.2) is 0 Å². The maximum atomic E-state index is 11.8. The minimum absolute atomic E-state index is 0.214. The first-order chi connectivity index (χ1) is 9.06. The molecule has 0 saturated heterocycles. The van der Waals surface area contributed by atoms with Crippen LogP contribution in [-0.4, -0.2) is 36.1 Å². The summed E-state index contributed by atoms with van der Waals surface area (Å²) in [7, 11) is 0. The van der Waals surface area contributed by atoms with Crippen LogP contribution in [-0.2, 0) is 19.1 Å². The standard InChI is InChI=1S/C13H21NO5/c1-2-19-11(15)7-4-8-14-12(16)9-5-3-6-10(9)13(17)18/h9-10H,2-8H2,1H3,(H,14,16)(H,17,18). The van der Waals surface area contributed by atoms with Crippen LogP contribution in [0.4, 0.5) is 0 Å². The largest absolute Gasteiger partial charge is 0.481 e. The Morgan fingerprint density at radius 3 is 2.58 bits per heavy atom. The number of carboxylic acids is 1. The highest BCUT2D eigenvalue weighted by atomic mass is 16.5. The molecule has 1 aliphatic rings. The highest BCUT2D eigenvalue weighted by Gasteiger charge is 2.37. The lowest BCUT2D eigenvalue weighted by atomic mass is 9.95. The predicted octanol–water partition coefficient (Wildman–Crippen LogP) is 0.947. The Kier molecular flexibility index (Phi) is 6.32. The van der Waals surface area contributed by atoms with Gasteiger partial charge in [-0.05, 0) is 26.2 Å². The average molecular weight is 271 g/mol. The summed E-state index contributed by atoms with van der Waals surface area (Å²) in [5.74, 6) is -2.39. The summed E-state index contributed by atoms with van der Waals surface area (Å²) in [5, 5.41) is 11.7. The molecule has 1 saturated carbocycles. The quantitative estimate of drug-likeness (QED) is 0.531. The smallest absolute Gasteiger partial charge is 0.307 e. The van der Waals surface area contributed by atoms with Gasteiger partial charge in [0.1, 0.15) is 0 Å². The van der Waals surface area contributed by atoms with E-state index in [0.717, 1.165) is 6.42 Å². The topological polar surface area (TPSA) is 92.7 Å². The van der Waals surface area contributed by atoms with Gasteiger partial charge in [-0.15, -0.1) is 0 Å². The number of aliphatic carboxylic acids is 1. The van der Waals surface area contributed by atoms with Crippen molar-refractivity contribution in [1.82, 2.24) is 5.32 Å². The fraction of sp³-hybridized carbons (Fsp3) is 0.769. The van der Waals surface area contributed by atoms with Crippen molar-refractivity contribution in [3.8, 4) is 0 Å². The van der Waals surface area contributed by atoms with Gasteiger partial charge in [-0.3, -0.25) is 14.4 Å². The number of hydrogen-bond acceptors (Lipinski definition) is 4. The van der Waals surface area contributed by atoms with Gasteiger partial charge in [0, 0.05) is 13.0 Å². The number of ether oxygens (including phenoxy) is 1. The van der Waals surface area contributed by atoms with E-state index in [1.165, 1.54) is 0 Å². The zero-order valence-electron chi connectivity index (χ0n) is 11.2.